The molecule has 0 bridgehead atoms. The first kappa shape index (κ1) is 12.4. The van der Waals surface area contributed by atoms with Gasteiger partial charge in [0, 0.05) is 36.7 Å². The maximum atomic E-state index is 12.3. The third kappa shape index (κ3) is 2.06. The van der Waals surface area contributed by atoms with Crippen LogP contribution in [0.3, 0.4) is 0 Å². The molecule has 0 saturated heterocycles. The van der Waals surface area contributed by atoms with Crippen molar-refractivity contribution in [3.8, 4) is 0 Å². The molecule has 19 heavy (non-hydrogen) atoms. The second-order valence-electron chi connectivity index (χ2n) is 5.59. The summed E-state index contributed by atoms with van der Waals surface area (Å²) in [6, 6.07) is 5.86. The molecule has 1 aromatic carbocycles. The molecule has 1 saturated carbocycles. The fraction of sp³-hybridized carbons (Fsp3) is 0.467. The van der Waals surface area contributed by atoms with Crippen molar-refractivity contribution in [3.05, 3.63) is 29.3 Å². The second kappa shape index (κ2) is 4.46. The summed E-state index contributed by atoms with van der Waals surface area (Å²) in [7, 11) is 1.78. The quantitative estimate of drug-likeness (QED) is 0.818. The molecule has 3 rings (SSSR count). The van der Waals surface area contributed by atoms with Gasteiger partial charge in [0.05, 0.1) is 0 Å². The van der Waals surface area contributed by atoms with Crippen LogP contribution in [0.4, 0.5) is 5.69 Å². The van der Waals surface area contributed by atoms with Crippen molar-refractivity contribution in [1.29, 1.82) is 0 Å². The number of carbonyl (C=O) groups excluding carboxylic acids is 2. The van der Waals surface area contributed by atoms with Crippen LogP contribution in [0.2, 0.25) is 0 Å². The van der Waals surface area contributed by atoms with Crippen LogP contribution < -0.4 is 10.6 Å². The molecule has 1 aliphatic heterocycles. The average molecular weight is 258 g/mol. The molecule has 1 aromatic rings. The molecule has 0 spiro atoms. The predicted octanol–water partition coefficient (Wildman–Crippen LogP) is 1.52. The van der Waals surface area contributed by atoms with Crippen molar-refractivity contribution in [2.75, 3.05) is 11.9 Å². The maximum absolute atomic E-state index is 12.3. The summed E-state index contributed by atoms with van der Waals surface area (Å²) < 4.78 is 0. The molecular formula is C15H18N2O2. The number of benzene rings is 1. The van der Waals surface area contributed by atoms with Crippen LogP contribution in [0.1, 0.15) is 35.2 Å². The van der Waals surface area contributed by atoms with Crippen LogP contribution in [0.5, 0.6) is 0 Å². The Bertz CT molecular complexity index is 547. The van der Waals surface area contributed by atoms with Crippen molar-refractivity contribution >= 4 is 17.4 Å². The van der Waals surface area contributed by atoms with Crippen LogP contribution in [0, 0.1) is 5.92 Å². The van der Waals surface area contributed by atoms with E-state index in [9.17, 15) is 9.59 Å². The summed E-state index contributed by atoms with van der Waals surface area (Å²) in [6.07, 6.45) is 2.85. The molecule has 2 aliphatic rings. The first-order valence-corrected chi connectivity index (χ1v) is 6.75. The number of ketones is 1. The summed E-state index contributed by atoms with van der Waals surface area (Å²) in [4.78, 5) is 25.6. The lowest BCUT2D eigenvalue weighted by Crippen LogP contribution is -2.40. The Balaban J connectivity index is 1.86. The number of nitrogens with two attached hydrogens (primary N) is 1. The Morgan fingerprint density at radius 2 is 2.05 bits per heavy atom. The van der Waals surface area contributed by atoms with Gasteiger partial charge >= 0.3 is 0 Å². The van der Waals surface area contributed by atoms with Gasteiger partial charge in [-0.2, -0.15) is 0 Å². The van der Waals surface area contributed by atoms with E-state index in [1.807, 2.05) is 18.2 Å². The van der Waals surface area contributed by atoms with Crippen molar-refractivity contribution in [2.45, 2.75) is 31.7 Å². The fourth-order valence-electron chi connectivity index (χ4n) is 2.92. The Kier molecular flexibility index (Phi) is 2.90. The van der Waals surface area contributed by atoms with Gasteiger partial charge in [0.2, 0.25) is 5.91 Å². The Labute approximate surface area is 112 Å². The molecule has 0 aromatic heterocycles. The second-order valence-corrected chi connectivity index (χ2v) is 5.59. The molecule has 1 amide bonds. The molecule has 1 aliphatic carbocycles. The van der Waals surface area contributed by atoms with Crippen LogP contribution in [0.25, 0.3) is 0 Å². The van der Waals surface area contributed by atoms with Crippen molar-refractivity contribution in [3.63, 3.8) is 0 Å². The SMILES string of the molecule is CN1C(=O)CCc2cc(C(=O)C3CC(N)C3)ccc21. The van der Waals surface area contributed by atoms with E-state index in [1.165, 1.54) is 0 Å². The Morgan fingerprint density at radius 3 is 2.74 bits per heavy atom. The van der Waals surface area contributed by atoms with E-state index < -0.39 is 0 Å². The number of carbonyl (C=O) groups is 2. The van der Waals surface area contributed by atoms with Gasteiger partial charge in [-0.25, -0.2) is 0 Å². The average Bonchev–Trinajstić information content (AvgIpc) is 2.38. The largest absolute Gasteiger partial charge is 0.328 e. The van der Waals surface area contributed by atoms with E-state index in [0.29, 0.717) is 6.42 Å². The van der Waals surface area contributed by atoms with Gasteiger partial charge in [-0.1, -0.05) is 0 Å². The summed E-state index contributed by atoms with van der Waals surface area (Å²) in [6.45, 7) is 0. The van der Waals surface area contributed by atoms with E-state index >= 15 is 0 Å². The lowest BCUT2D eigenvalue weighted by Gasteiger charge is -2.31. The van der Waals surface area contributed by atoms with Gasteiger partial charge in [0.1, 0.15) is 0 Å². The number of rotatable bonds is 2. The molecule has 0 radical (unpaired) electrons. The summed E-state index contributed by atoms with van der Waals surface area (Å²) in [5, 5.41) is 0. The van der Waals surface area contributed by atoms with Crippen molar-refractivity contribution < 1.29 is 9.59 Å². The van der Waals surface area contributed by atoms with Crippen molar-refractivity contribution in [2.24, 2.45) is 11.7 Å². The highest BCUT2D eigenvalue weighted by Crippen LogP contribution is 2.32. The van der Waals surface area contributed by atoms with Crippen LogP contribution in [-0.2, 0) is 11.2 Å². The smallest absolute Gasteiger partial charge is 0.227 e. The van der Waals surface area contributed by atoms with E-state index in [1.54, 1.807) is 11.9 Å². The van der Waals surface area contributed by atoms with E-state index in [4.69, 9.17) is 5.73 Å². The van der Waals surface area contributed by atoms with Crippen LogP contribution in [0.15, 0.2) is 18.2 Å². The number of hydrogen-bond acceptors (Lipinski definition) is 3. The zero-order valence-electron chi connectivity index (χ0n) is 11.1. The summed E-state index contributed by atoms with van der Waals surface area (Å²) in [5.41, 5.74) is 8.52. The first-order chi connectivity index (χ1) is 9.06. The topological polar surface area (TPSA) is 63.4 Å². The summed E-state index contributed by atoms with van der Waals surface area (Å²) >= 11 is 0. The number of amides is 1. The zero-order valence-corrected chi connectivity index (χ0v) is 11.1. The molecule has 4 nitrogen and oxygen atoms in total. The molecule has 2 N–H and O–H groups in total. The highest BCUT2D eigenvalue weighted by atomic mass is 16.2. The van der Waals surface area contributed by atoms with Crippen LogP contribution in [-0.4, -0.2) is 24.8 Å². The molecule has 1 fully saturated rings. The summed E-state index contributed by atoms with van der Waals surface area (Å²) in [5.74, 6) is 0.427. The molecule has 100 valence electrons. The van der Waals surface area contributed by atoms with Gasteiger partial charge in [-0.3, -0.25) is 9.59 Å². The standard InChI is InChI=1S/C15H18N2O2/c1-17-13-4-2-10(6-9(13)3-5-14(17)18)15(19)11-7-12(16)8-11/h2,4,6,11-12H,3,5,7-8,16H2,1H3. The van der Waals surface area contributed by atoms with Crippen molar-refractivity contribution in [1.82, 2.24) is 0 Å². The lowest BCUT2D eigenvalue weighted by atomic mass is 9.76. The number of anilines is 1. The number of hydrogen-bond donors (Lipinski definition) is 1. The third-order valence-electron chi connectivity index (χ3n) is 4.25. The minimum atomic E-state index is 0.0935. The van der Waals surface area contributed by atoms with Gasteiger partial charge in [0.15, 0.2) is 5.78 Å². The molecule has 0 atom stereocenters. The highest BCUT2D eigenvalue weighted by molar-refractivity contribution is 6.01. The third-order valence-corrected chi connectivity index (χ3v) is 4.25. The number of aryl methyl sites for hydroxylation is 1. The van der Waals surface area contributed by atoms with Gasteiger partial charge in [-0.05, 0) is 43.0 Å². The van der Waals surface area contributed by atoms with Crippen LogP contribution >= 0.6 is 0 Å². The lowest BCUT2D eigenvalue weighted by molar-refractivity contribution is -0.118. The van der Waals surface area contributed by atoms with Gasteiger partial charge in [0.25, 0.3) is 0 Å². The van der Waals surface area contributed by atoms with E-state index in [0.717, 1.165) is 36.1 Å². The number of nitrogens with zero attached hydrogens (tertiary/aromatic N) is 1. The molecule has 1 heterocycles. The normalized spacial score (nSPS) is 25.8. The molecule has 4 heteroatoms. The Morgan fingerprint density at radius 1 is 1.32 bits per heavy atom. The Hall–Kier alpha value is -1.68. The number of fused-ring (bicyclic) bond motifs is 1. The monoisotopic (exact) mass is 258 g/mol. The number of Topliss-reactive ketones (excluding diaryl/α,β-unsaturated/α-hetero) is 1. The minimum Gasteiger partial charge on any atom is -0.328 e. The zero-order chi connectivity index (χ0) is 13.6. The van der Waals surface area contributed by atoms with E-state index in [-0.39, 0.29) is 23.7 Å². The maximum Gasteiger partial charge on any atom is 0.227 e. The van der Waals surface area contributed by atoms with Gasteiger partial charge < -0.3 is 10.6 Å². The first-order valence-electron chi connectivity index (χ1n) is 6.75. The minimum absolute atomic E-state index is 0.0935. The molecular weight excluding hydrogens is 240 g/mol. The van der Waals surface area contributed by atoms with E-state index in [2.05, 4.69) is 0 Å². The fourth-order valence-corrected chi connectivity index (χ4v) is 2.92. The molecule has 0 unspecified atom stereocenters. The van der Waals surface area contributed by atoms with Gasteiger partial charge in [-0.15, -0.1) is 0 Å². The highest BCUT2D eigenvalue weighted by Gasteiger charge is 2.33. The predicted molar refractivity (Wildman–Crippen MR) is 73.2 cm³/mol.